The zero-order valence-corrected chi connectivity index (χ0v) is 20.9. The Bertz CT molecular complexity index is 1330. The number of benzene rings is 2. The van der Waals surface area contributed by atoms with Crippen molar-refractivity contribution < 1.29 is 37.9 Å². The highest BCUT2D eigenvalue weighted by Gasteiger charge is 2.68. The number of nitro groups is 2. The number of nitrogens with one attached hydrogen (secondary N) is 1. The number of amides is 2. The second kappa shape index (κ2) is 10.2. The van der Waals surface area contributed by atoms with E-state index in [1.54, 1.807) is 13.8 Å². The Balaban J connectivity index is 1.36. The molecule has 38 heavy (non-hydrogen) atoms. The van der Waals surface area contributed by atoms with Gasteiger partial charge < -0.3 is 19.7 Å². The van der Waals surface area contributed by atoms with E-state index in [-0.39, 0.29) is 24.6 Å². The lowest BCUT2D eigenvalue weighted by atomic mass is 9.96. The van der Waals surface area contributed by atoms with E-state index >= 15 is 0 Å². The smallest absolute Gasteiger partial charge is 0.408 e. The summed E-state index contributed by atoms with van der Waals surface area (Å²) in [4.78, 5) is 59.6. The van der Waals surface area contributed by atoms with E-state index in [2.05, 4.69) is 5.32 Å². The molecule has 2 fully saturated rings. The van der Waals surface area contributed by atoms with Gasteiger partial charge in [0.05, 0.1) is 25.4 Å². The summed E-state index contributed by atoms with van der Waals surface area (Å²) in [5, 5.41) is 22.9. The number of alkyl carbamates (subject to hydrolysis) is 1. The number of nitrogens with zero attached hydrogens (tertiary/aromatic N) is 3. The van der Waals surface area contributed by atoms with Gasteiger partial charge in [0.15, 0.2) is 0 Å². The number of ether oxygens (including phenoxy) is 2. The molecule has 0 bridgehead atoms. The minimum absolute atomic E-state index is 0.119. The Labute approximate surface area is 217 Å². The lowest BCUT2D eigenvalue weighted by Crippen LogP contribution is -2.71. The van der Waals surface area contributed by atoms with Crippen LogP contribution >= 0.6 is 0 Å². The third-order valence-corrected chi connectivity index (χ3v) is 8.49. The van der Waals surface area contributed by atoms with E-state index in [4.69, 9.17) is 9.47 Å². The Hall–Kier alpha value is -4.40. The van der Waals surface area contributed by atoms with Crippen LogP contribution in [0.2, 0.25) is 0 Å². The summed E-state index contributed by atoms with van der Waals surface area (Å²) in [6.07, 6.45) is -0.958. The topological polar surface area (TPSA) is 188 Å². The maximum absolute atomic E-state index is 13.2. The molecule has 2 amide bonds. The predicted molar refractivity (Wildman–Crippen MR) is 130 cm³/mol. The van der Waals surface area contributed by atoms with E-state index < -0.39 is 60.8 Å². The highest BCUT2D eigenvalue weighted by molar-refractivity contribution is 7.87. The van der Waals surface area contributed by atoms with Crippen molar-refractivity contribution in [1.82, 2.24) is 10.2 Å². The first kappa shape index (κ1) is 26.7. The van der Waals surface area contributed by atoms with Gasteiger partial charge >= 0.3 is 12.1 Å². The summed E-state index contributed by atoms with van der Waals surface area (Å²) < 4.78 is 22.4. The largest absolute Gasteiger partial charge is 0.459 e. The van der Waals surface area contributed by atoms with Crippen LogP contribution in [-0.4, -0.2) is 59.1 Å². The van der Waals surface area contributed by atoms with Crippen molar-refractivity contribution in [2.24, 2.45) is 0 Å². The maximum atomic E-state index is 13.2. The zero-order valence-electron chi connectivity index (χ0n) is 20.1. The van der Waals surface area contributed by atoms with Crippen LogP contribution < -0.4 is 5.32 Å². The van der Waals surface area contributed by atoms with Crippen molar-refractivity contribution >= 4 is 40.1 Å². The van der Waals surface area contributed by atoms with Crippen LogP contribution in [0.5, 0.6) is 0 Å². The SMILES string of the molecule is CC1(C)[C@H](C(=O)OCc2ccc([N+](=O)[O-])cc2)N2C(=O)[C@@H](NC(=O)OCc3ccc([N+](=O)[O-])cc3)[C@H]2[S@@]1=O. The summed E-state index contributed by atoms with van der Waals surface area (Å²) in [6, 6.07) is 8.41. The number of hydrogen-bond acceptors (Lipinski definition) is 10. The van der Waals surface area contributed by atoms with Gasteiger partial charge in [-0.05, 0) is 49.2 Å². The fourth-order valence-corrected chi connectivity index (χ4v) is 6.17. The average molecular weight is 547 g/mol. The molecule has 0 unspecified atom stereocenters. The first-order valence-corrected chi connectivity index (χ1v) is 12.4. The van der Waals surface area contributed by atoms with Crippen molar-refractivity contribution in [3.8, 4) is 0 Å². The van der Waals surface area contributed by atoms with Gasteiger partial charge in [0, 0.05) is 24.3 Å². The molecule has 4 atom stereocenters. The molecule has 0 aliphatic carbocycles. The van der Waals surface area contributed by atoms with E-state index in [0.29, 0.717) is 11.1 Å². The van der Waals surface area contributed by atoms with Gasteiger partial charge in [-0.15, -0.1) is 0 Å². The number of fused-ring (bicyclic) bond motifs is 1. The monoisotopic (exact) mass is 546 g/mol. The lowest BCUT2D eigenvalue weighted by Gasteiger charge is -2.43. The van der Waals surface area contributed by atoms with Crippen LogP contribution in [0.1, 0.15) is 25.0 Å². The minimum Gasteiger partial charge on any atom is -0.459 e. The van der Waals surface area contributed by atoms with Crippen molar-refractivity contribution in [3.63, 3.8) is 0 Å². The molecular weight excluding hydrogens is 524 g/mol. The van der Waals surface area contributed by atoms with Crippen LogP contribution in [0.3, 0.4) is 0 Å². The number of nitro benzene ring substituents is 2. The molecule has 0 radical (unpaired) electrons. The van der Waals surface area contributed by atoms with Crippen LogP contribution in [-0.2, 0) is 43.1 Å². The first-order valence-electron chi connectivity index (χ1n) is 11.2. The molecular formula is C23H22N4O10S. The molecule has 1 N–H and O–H groups in total. The van der Waals surface area contributed by atoms with Gasteiger partial charge in [0.1, 0.15) is 30.7 Å². The van der Waals surface area contributed by atoms with Crippen LogP contribution in [0, 0.1) is 20.2 Å². The number of carbonyl (C=O) groups is 3. The summed E-state index contributed by atoms with van der Waals surface area (Å²) in [6.45, 7) is 2.68. The fourth-order valence-electron chi connectivity index (χ4n) is 4.25. The Morgan fingerprint density at radius 2 is 1.42 bits per heavy atom. The molecule has 15 heteroatoms. The first-order chi connectivity index (χ1) is 17.9. The van der Waals surface area contributed by atoms with Gasteiger partial charge in [0.2, 0.25) is 5.91 Å². The van der Waals surface area contributed by atoms with Crippen LogP contribution in [0.15, 0.2) is 48.5 Å². The third-order valence-electron chi connectivity index (χ3n) is 6.30. The van der Waals surface area contributed by atoms with Crippen LogP contribution in [0.4, 0.5) is 16.2 Å². The van der Waals surface area contributed by atoms with Crippen LogP contribution in [0.25, 0.3) is 0 Å². The fraction of sp³-hybridized carbons (Fsp3) is 0.348. The normalized spacial score (nSPS) is 23.1. The molecule has 2 aliphatic heterocycles. The molecule has 2 saturated heterocycles. The van der Waals surface area contributed by atoms with Crippen molar-refractivity contribution in [1.29, 1.82) is 0 Å². The Morgan fingerprint density at radius 1 is 0.947 bits per heavy atom. The van der Waals surface area contributed by atoms with Gasteiger partial charge in [-0.25, -0.2) is 9.59 Å². The van der Waals surface area contributed by atoms with E-state index in [1.807, 2.05) is 0 Å². The van der Waals surface area contributed by atoms with Gasteiger partial charge in [-0.2, -0.15) is 0 Å². The molecule has 2 aromatic carbocycles. The van der Waals surface area contributed by atoms with E-state index in [0.717, 1.165) is 4.90 Å². The standard InChI is InChI=1S/C23H22N4O10S/c1-23(2)18(21(29)36-11-13-3-7-15(8-4-13)26(31)32)25-19(28)17(20(25)38(23)35)24-22(30)37-12-14-5-9-16(10-6-14)27(33)34/h3-10,17-18,20H,11-12H2,1-2H3,(H,24,30)/t17-,18+,20-,38+/m1/s1. The second-order valence-electron chi connectivity index (χ2n) is 9.09. The molecule has 0 spiro atoms. The number of rotatable bonds is 8. The Morgan fingerprint density at radius 3 is 1.89 bits per heavy atom. The predicted octanol–water partition coefficient (Wildman–Crippen LogP) is 1.92. The second-order valence-corrected chi connectivity index (χ2v) is 11.2. The van der Waals surface area contributed by atoms with Crippen molar-refractivity contribution in [2.75, 3.05) is 0 Å². The number of carbonyl (C=O) groups excluding carboxylic acids is 3. The maximum Gasteiger partial charge on any atom is 0.408 e. The third kappa shape index (κ3) is 4.91. The summed E-state index contributed by atoms with van der Waals surface area (Å²) >= 11 is 0. The average Bonchev–Trinajstić information content (AvgIpc) is 3.07. The minimum atomic E-state index is -1.75. The van der Waals surface area contributed by atoms with Crippen molar-refractivity contribution in [3.05, 3.63) is 79.9 Å². The quantitative estimate of drug-likeness (QED) is 0.222. The van der Waals surface area contributed by atoms with Gasteiger partial charge in [0.25, 0.3) is 11.4 Å². The van der Waals surface area contributed by atoms with Gasteiger partial charge in [-0.3, -0.25) is 29.2 Å². The van der Waals surface area contributed by atoms with Gasteiger partial charge in [-0.1, -0.05) is 0 Å². The number of β-lactam (4-membered cyclic amide) rings is 1. The number of hydrogen-bond donors (Lipinski definition) is 1. The van der Waals surface area contributed by atoms with E-state index in [9.17, 15) is 38.8 Å². The molecule has 4 rings (SSSR count). The summed E-state index contributed by atoms with van der Waals surface area (Å²) in [5.41, 5.74) is 0.730. The number of esters is 1. The molecule has 0 saturated carbocycles. The van der Waals surface area contributed by atoms with E-state index in [1.165, 1.54) is 48.5 Å². The molecule has 0 aromatic heterocycles. The highest BCUT2D eigenvalue weighted by atomic mass is 32.2. The molecule has 200 valence electrons. The summed E-state index contributed by atoms with van der Waals surface area (Å²) in [5.74, 6) is -1.42. The molecule has 2 aromatic rings. The lowest BCUT2D eigenvalue weighted by molar-refractivity contribution is -0.385. The van der Waals surface area contributed by atoms with Crippen molar-refractivity contribution in [2.45, 2.75) is 49.3 Å². The number of non-ortho nitro benzene ring substituents is 2. The summed E-state index contributed by atoms with van der Waals surface area (Å²) in [7, 11) is -1.75. The highest BCUT2D eigenvalue weighted by Crippen LogP contribution is 2.44. The molecule has 2 heterocycles. The molecule has 2 aliphatic rings. The Kier molecular flexibility index (Phi) is 7.13. The molecule has 14 nitrogen and oxygen atoms in total. The zero-order chi connectivity index (χ0) is 27.8.